The third kappa shape index (κ3) is 4.78. The van der Waals surface area contributed by atoms with Gasteiger partial charge in [-0.2, -0.15) is 9.78 Å². The minimum Gasteiger partial charge on any atom is -0.456 e. The quantitative estimate of drug-likeness (QED) is 0.485. The van der Waals surface area contributed by atoms with E-state index in [-0.39, 0.29) is 0 Å². The molecule has 1 aromatic heterocycles. The molecule has 5 atom stereocenters. The predicted octanol–water partition coefficient (Wildman–Crippen LogP) is -1.36. The average molecular weight is 385 g/mol. The molecule has 1 aromatic rings. The standard InChI is InChI=1S/C15H19N3O9/c1-6-11(25-7(2)19)12(26-8(3)20)13(27-9(4)21)14(24-6)18-15(23)17-10(22)5-16-18/h5-6,11-14H,1-4H3,(H,17,22,23)/t6-,11+,12+,13+,14-/m1/s1. The molecule has 0 unspecified atom stereocenters. The van der Waals surface area contributed by atoms with Crippen molar-refractivity contribution in [3.8, 4) is 0 Å². The number of aromatic amines is 1. The highest BCUT2D eigenvalue weighted by molar-refractivity contribution is 5.68. The van der Waals surface area contributed by atoms with Gasteiger partial charge in [-0.1, -0.05) is 0 Å². The Kier molecular flexibility index (Phi) is 6.10. The summed E-state index contributed by atoms with van der Waals surface area (Å²) in [6.45, 7) is 4.88. The molecule has 0 aromatic carbocycles. The van der Waals surface area contributed by atoms with Gasteiger partial charge in [0.2, 0.25) is 0 Å². The van der Waals surface area contributed by atoms with E-state index in [2.05, 4.69) is 5.10 Å². The Hall–Kier alpha value is -3.02. The summed E-state index contributed by atoms with van der Waals surface area (Å²) in [5.74, 6) is -2.17. The SMILES string of the molecule is CC(=O)O[C@H]1[C@@H](OC(C)=O)[C@@H](C)O[C@@H](n2ncc(=O)[nH]c2=O)[C@H]1OC(C)=O. The van der Waals surface area contributed by atoms with Crippen LogP contribution in [0.25, 0.3) is 0 Å². The Balaban J connectivity index is 2.53. The first kappa shape index (κ1) is 20.3. The van der Waals surface area contributed by atoms with Crippen molar-refractivity contribution in [2.45, 2.75) is 58.3 Å². The number of nitrogens with zero attached hydrogens (tertiary/aromatic N) is 2. The number of hydrogen-bond acceptors (Lipinski definition) is 10. The maximum absolute atomic E-state index is 12.1. The van der Waals surface area contributed by atoms with Gasteiger partial charge in [-0.15, -0.1) is 0 Å². The van der Waals surface area contributed by atoms with Gasteiger partial charge >= 0.3 is 23.6 Å². The lowest BCUT2D eigenvalue weighted by Crippen LogP contribution is -2.60. The molecule has 0 amide bonds. The number of H-pyrrole nitrogens is 1. The molecule has 27 heavy (non-hydrogen) atoms. The first-order valence-corrected chi connectivity index (χ1v) is 7.95. The molecule has 2 heterocycles. The highest BCUT2D eigenvalue weighted by Gasteiger charge is 2.51. The van der Waals surface area contributed by atoms with Crippen LogP contribution < -0.4 is 11.2 Å². The number of carbonyl (C=O) groups excluding carboxylic acids is 3. The molecule has 12 nitrogen and oxygen atoms in total. The first-order valence-electron chi connectivity index (χ1n) is 7.95. The van der Waals surface area contributed by atoms with E-state index in [1.807, 2.05) is 4.98 Å². The second-order valence-corrected chi connectivity index (χ2v) is 5.84. The van der Waals surface area contributed by atoms with E-state index >= 15 is 0 Å². The fourth-order valence-electron chi connectivity index (χ4n) is 2.73. The molecule has 1 saturated heterocycles. The highest BCUT2D eigenvalue weighted by atomic mass is 16.7. The molecule has 2 rings (SSSR count). The van der Waals surface area contributed by atoms with Gasteiger partial charge in [0.05, 0.1) is 6.10 Å². The van der Waals surface area contributed by atoms with Crippen LogP contribution in [0.5, 0.6) is 0 Å². The van der Waals surface area contributed by atoms with Crippen LogP contribution in [0, 0.1) is 0 Å². The van der Waals surface area contributed by atoms with Crippen LogP contribution in [-0.4, -0.2) is 57.1 Å². The van der Waals surface area contributed by atoms with Gasteiger partial charge in [-0.05, 0) is 6.92 Å². The molecule has 0 aliphatic carbocycles. The smallest absolute Gasteiger partial charge is 0.347 e. The molecule has 1 fully saturated rings. The topological polar surface area (TPSA) is 156 Å². The largest absolute Gasteiger partial charge is 0.456 e. The van der Waals surface area contributed by atoms with E-state index in [4.69, 9.17) is 18.9 Å². The summed E-state index contributed by atoms with van der Waals surface area (Å²) >= 11 is 0. The third-order valence-electron chi connectivity index (χ3n) is 3.63. The lowest BCUT2D eigenvalue weighted by atomic mass is 9.98. The van der Waals surface area contributed by atoms with Gasteiger partial charge in [0, 0.05) is 20.8 Å². The zero-order valence-electron chi connectivity index (χ0n) is 15.0. The van der Waals surface area contributed by atoms with Gasteiger partial charge < -0.3 is 18.9 Å². The second kappa shape index (κ2) is 8.12. The molecule has 148 valence electrons. The van der Waals surface area contributed by atoms with E-state index in [1.165, 1.54) is 6.92 Å². The van der Waals surface area contributed by atoms with Crippen molar-refractivity contribution >= 4 is 17.9 Å². The maximum Gasteiger partial charge on any atom is 0.347 e. The predicted molar refractivity (Wildman–Crippen MR) is 85.4 cm³/mol. The lowest BCUT2D eigenvalue weighted by Gasteiger charge is -2.43. The van der Waals surface area contributed by atoms with E-state index in [0.29, 0.717) is 0 Å². The normalized spacial score (nSPS) is 27.5. The number of aromatic nitrogens is 3. The van der Waals surface area contributed by atoms with Crippen molar-refractivity contribution in [3.63, 3.8) is 0 Å². The molecule has 0 saturated carbocycles. The Labute approximate surface area is 152 Å². The highest BCUT2D eigenvalue weighted by Crippen LogP contribution is 2.33. The van der Waals surface area contributed by atoms with E-state index in [1.54, 1.807) is 0 Å². The van der Waals surface area contributed by atoms with Gasteiger partial charge in [0.25, 0.3) is 5.56 Å². The van der Waals surface area contributed by atoms with Crippen LogP contribution in [0.4, 0.5) is 0 Å². The van der Waals surface area contributed by atoms with Crippen molar-refractivity contribution < 1.29 is 33.3 Å². The number of esters is 3. The molecule has 1 N–H and O–H groups in total. The number of ether oxygens (including phenoxy) is 4. The van der Waals surface area contributed by atoms with Crippen LogP contribution in [0.1, 0.15) is 33.9 Å². The zero-order chi connectivity index (χ0) is 20.3. The molecule has 1 aliphatic rings. The zero-order valence-corrected chi connectivity index (χ0v) is 15.0. The molecule has 12 heteroatoms. The Morgan fingerprint density at radius 3 is 2.04 bits per heavy atom. The summed E-state index contributed by atoms with van der Waals surface area (Å²) in [5.41, 5.74) is -1.66. The summed E-state index contributed by atoms with van der Waals surface area (Å²) in [7, 11) is 0. The molecule has 0 bridgehead atoms. The third-order valence-corrected chi connectivity index (χ3v) is 3.63. The van der Waals surface area contributed by atoms with Gasteiger partial charge in [0.1, 0.15) is 6.20 Å². The summed E-state index contributed by atoms with van der Waals surface area (Å²) in [6.07, 6.45) is -5.13. The summed E-state index contributed by atoms with van der Waals surface area (Å²) in [4.78, 5) is 59.9. The second-order valence-electron chi connectivity index (χ2n) is 5.84. The first-order chi connectivity index (χ1) is 12.6. The molecular formula is C15H19N3O9. The van der Waals surface area contributed by atoms with E-state index in [9.17, 15) is 24.0 Å². The van der Waals surface area contributed by atoms with Crippen LogP contribution in [0.2, 0.25) is 0 Å². The Bertz CT molecular complexity index is 845. The monoisotopic (exact) mass is 385 g/mol. The van der Waals surface area contributed by atoms with Crippen LogP contribution >= 0.6 is 0 Å². The summed E-state index contributed by atoms with van der Waals surface area (Å²) in [5, 5.41) is 3.69. The average Bonchev–Trinajstić information content (AvgIpc) is 2.52. The van der Waals surface area contributed by atoms with Gasteiger partial charge in [-0.25, -0.2) is 4.79 Å². The minimum atomic E-state index is -1.37. The fraction of sp³-hybridized carbons (Fsp3) is 0.600. The van der Waals surface area contributed by atoms with E-state index < -0.39 is 59.8 Å². The van der Waals surface area contributed by atoms with Crippen molar-refractivity contribution in [1.82, 2.24) is 14.8 Å². The lowest BCUT2D eigenvalue weighted by molar-refractivity contribution is -0.262. The van der Waals surface area contributed by atoms with Crippen LogP contribution in [-0.2, 0) is 33.3 Å². The summed E-state index contributed by atoms with van der Waals surface area (Å²) in [6, 6.07) is 0. The maximum atomic E-state index is 12.1. The number of rotatable bonds is 4. The molecule has 0 spiro atoms. The molecular weight excluding hydrogens is 366 g/mol. The van der Waals surface area contributed by atoms with Crippen molar-refractivity contribution in [3.05, 3.63) is 27.0 Å². The molecule has 1 aliphatic heterocycles. The minimum absolute atomic E-state index is 0.674. The summed E-state index contributed by atoms with van der Waals surface area (Å²) < 4.78 is 22.0. The van der Waals surface area contributed by atoms with E-state index in [0.717, 1.165) is 31.6 Å². The van der Waals surface area contributed by atoms with Crippen molar-refractivity contribution in [2.75, 3.05) is 0 Å². The van der Waals surface area contributed by atoms with Crippen LogP contribution in [0.15, 0.2) is 15.8 Å². The number of carbonyl (C=O) groups is 3. The van der Waals surface area contributed by atoms with Gasteiger partial charge in [-0.3, -0.25) is 24.2 Å². The Morgan fingerprint density at radius 2 is 1.52 bits per heavy atom. The number of hydrogen-bond donors (Lipinski definition) is 1. The van der Waals surface area contributed by atoms with Crippen molar-refractivity contribution in [1.29, 1.82) is 0 Å². The van der Waals surface area contributed by atoms with Gasteiger partial charge in [0.15, 0.2) is 24.5 Å². The Morgan fingerprint density at radius 1 is 1.00 bits per heavy atom. The van der Waals surface area contributed by atoms with Crippen LogP contribution in [0.3, 0.4) is 0 Å². The molecule has 0 radical (unpaired) electrons. The fourth-order valence-corrected chi connectivity index (χ4v) is 2.73. The van der Waals surface area contributed by atoms with Crippen molar-refractivity contribution in [2.24, 2.45) is 0 Å². The number of nitrogens with one attached hydrogen (secondary N) is 1.